The van der Waals surface area contributed by atoms with Crippen LogP contribution in [0.15, 0.2) is 4.99 Å². The fraction of sp³-hybridized carbons (Fsp3) is 0.909. The standard InChI is InChI=1S/C11H21F3N4O2S2/c1-15-10(16-3-2-11(12,13)14)17-4-9-22(19,20)18-5-7-21-8-6-18/h2-9H2,1H3,(H2,15,16,17). The van der Waals surface area contributed by atoms with Gasteiger partial charge in [0.2, 0.25) is 10.0 Å². The zero-order chi connectivity index (χ0) is 16.6. The molecule has 2 N–H and O–H groups in total. The molecule has 1 aliphatic rings. The lowest BCUT2D eigenvalue weighted by Crippen LogP contribution is -2.44. The molecule has 6 nitrogen and oxygen atoms in total. The van der Waals surface area contributed by atoms with Gasteiger partial charge in [-0.3, -0.25) is 4.99 Å². The molecule has 1 rings (SSSR count). The van der Waals surface area contributed by atoms with Gasteiger partial charge in [-0.15, -0.1) is 0 Å². The first kappa shape index (κ1) is 19.4. The lowest BCUT2D eigenvalue weighted by Gasteiger charge is -2.25. The molecule has 1 aliphatic heterocycles. The summed E-state index contributed by atoms with van der Waals surface area (Å²) in [6.07, 6.45) is -5.21. The van der Waals surface area contributed by atoms with Crippen LogP contribution in [0.25, 0.3) is 0 Å². The molecule has 0 amide bonds. The molecule has 130 valence electrons. The van der Waals surface area contributed by atoms with Gasteiger partial charge < -0.3 is 10.6 Å². The Morgan fingerprint density at radius 1 is 1.23 bits per heavy atom. The number of nitrogens with zero attached hydrogens (tertiary/aromatic N) is 2. The molecule has 0 saturated carbocycles. The van der Waals surface area contributed by atoms with Crippen molar-refractivity contribution in [3.8, 4) is 0 Å². The van der Waals surface area contributed by atoms with Crippen molar-refractivity contribution in [2.45, 2.75) is 12.6 Å². The van der Waals surface area contributed by atoms with Crippen molar-refractivity contribution in [3.05, 3.63) is 0 Å². The van der Waals surface area contributed by atoms with E-state index in [1.54, 1.807) is 11.8 Å². The summed E-state index contributed by atoms with van der Waals surface area (Å²) in [4.78, 5) is 3.76. The van der Waals surface area contributed by atoms with Crippen molar-refractivity contribution >= 4 is 27.7 Å². The highest BCUT2D eigenvalue weighted by Crippen LogP contribution is 2.18. The maximum absolute atomic E-state index is 12.1. The number of rotatable bonds is 6. The summed E-state index contributed by atoms with van der Waals surface area (Å²) in [6, 6.07) is 0. The van der Waals surface area contributed by atoms with Gasteiger partial charge in [-0.05, 0) is 0 Å². The molecular weight excluding hydrogens is 341 g/mol. The van der Waals surface area contributed by atoms with Crippen LogP contribution >= 0.6 is 11.8 Å². The van der Waals surface area contributed by atoms with E-state index in [-0.39, 0.29) is 24.8 Å². The van der Waals surface area contributed by atoms with E-state index in [9.17, 15) is 21.6 Å². The maximum Gasteiger partial charge on any atom is 0.390 e. The van der Waals surface area contributed by atoms with E-state index in [1.807, 2.05) is 0 Å². The Kier molecular flexibility index (Phi) is 7.77. The van der Waals surface area contributed by atoms with E-state index in [0.717, 1.165) is 11.5 Å². The van der Waals surface area contributed by atoms with Crippen LogP contribution in [0.3, 0.4) is 0 Å². The highest BCUT2D eigenvalue weighted by atomic mass is 32.2. The highest BCUT2D eigenvalue weighted by molar-refractivity contribution is 7.99. The molecular formula is C11H21F3N4O2S2. The molecule has 0 aliphatic carbocycles. The fourth-order valence-electron chi connectivity index (χ4n) is 1.80. The van der Waals surface area contributed by atoms with Crippen molar-refractivity contribution in [2.75, 3.05) is 50.5 Å². The average Bonchev–Trinajstić information content (AvgIpc) is 2.45. The second-order valence-electron chi connectivity index (χ2n) is 4.62. The zero-order valence-corrected chi connectivity index (χ0v) is 14.0. The summed E-state index contributed by atoms with van der Waals surface area (Å²) in [7, 11) is -1.92. The second kappa shape index (κ2) is 8.82. The molecule has 0 radical (unpaired) electrons. The van der Waals surface area contributed by atoms with Gasteiger partial charge in [-0.2, -0.15) is 24.9 Å². The first-order valence-corrected chi connectivity index (χ1v) is 9.58. The number of guanidine groups is 1. The summed E-state index contributed by atoms with van der Waals surface area (Å²) in [6.45, 7) is 0.800. The number of aliphatic imine (C=N–C) groups is 1. The molecule has 1 saturated heterocycles. The number of hydrogen-bond acceptors (Lipinski definition) is 4. The number of nitrogens with one attached hydrogen (secondary N) is 2. The van der Waals surface area contributed by atoms with Gasteiger partial charge in [-0.25, -0.2) is 12.7 Å². The lowest BCUT2D eigenvalue weighted by molar-refractivity contribution is -0.132. The van der Waals surface area contributed by atoms with Gasteiger partial charge >= 0.3 is 6.18 Å². The molecule has 11 heteroatoms. The monoisotopic (exact) mass is 362 g/mol. The second-order valence-corrected chi connectivity index (χ2v) is 7.93. The number of halogens is 3. The Hall–Kier alpha value is -0.680. The fourth-order valence-corrected chi connectivity index (χ4v) is 4.29. The van der Waals surface area contributed by atoms with Gasteiger partial charge in [0.25, 0.3) is 0 Å². The summed E-state index contributed by atoms with van der Waals surface area (Å²) in [5.74, 6) is 1.62. The number of sulfonamides is 1. The molecule has 0 aromatic heterocycles. The lowest BCUT2D eigenvalue weighted by atomic mass is 10.4. The molecule has 22 heavy (non-hydrogen) atoms. The predicted octanol–water partition coefficient (Wildman–Crippen LogP) is 0.482. The van der Waals surface area contributed by atoms with Crippen LogP contribution < -0.4 is 10.6 Å². The van der Waals surface area contributed by atoms with E-state index in [0.29, 0.717) is 13.1 Å². The SMILES string of the molecule is CN=C(NCCC(F)(F)F)NCCS(=O)(=O)N1CCSCC1. The third kappa shape index (κ3) is 7.54. The van der Waals surface area contributed by atoms with Gasteiger partial charge in [0.15, 0.2) is 5.96 Å². The van der Waals surface area contributed by atoms with Gasteiger partial charge in [0.1, 0.15) is 0 Å². The topological polar surface area (TPSA) is 73.8 Å². The third-order valence-corrected chi connectivity index (χ3v) is 5.75. The van der Waals surface area contributed by atoms with Gasteiger partial charge in [-0.1, -0.05) is 0 Å². The summed E-state index contributed by atoms with van der Waals surface area (Å²) < 4.78 is 61.7. The molecule has 0 spiro atoms. The summed E-state index contributed by atoms with van der Waals surface area (Å²) in [5, 5.41) is 5.21. The molecule has 0 atom stereocenters. The van der Waals surface area contributed by atoms with E-state index < -0.39 is 22.6 Å². The van der Waals surface area contributed by atoms with Crippen molar-refractivity contribution in [2.24, 2.45) is 4.99 Å². The Bertz CT molecular complexity index is 462. The molecule has 0 aromatic rings. The van der Waals surface area contributed by atoms with Crippen LogP contribution in [0.1, 0.15) is 6.42 Å². The van der Waals surface area contributed by atoms with Crippen LogP contribution in [0.2, 0.25) is 0 Å². The molecule has 0 aromatic carbocycles. The smallest absolute Gasteiger partial charge is 0.356 e. The molecule has 0 unspecified atom stereocenters. The highest BCUT2D eigenvalue weighted by Gasteiger charge is 2.26. The van der Waals surface area contributed by atoms with Crippen molar-refractivity contribution in [3.63, 3.8) is 0 Å². The molecule has 1 heterocycles. The Balaban J connectivity index is 2.31. The van der Waals surface area contributed by atoms with Crippen LogP contribution in [0.5, 0.6) is 0 Å². The van der Waals surface area contributed by atoms with Crippen molar-refractivity contribution in [1.82, 2.24) is 14.9 Å². The maximum atomic E-state index is 12.1. The largest absolute Gasteiger partial charge is 0.390 e. The quantitative estimate of drug-likeness (QED) is 0.531. The van der Waals surface area contributed by atoms with E-state index in [1.165, 1.54) is 11.4 Å². The van der Waals surface area contributed by atoms with Crippen LogP contribution in [-0.2, 0) is 10.0 Å². The van der Waals surface area contributed by atoms with Crippen LogP contribution in [-0.4, -0.2) is 75.3 Å². The average molecular weight is 362 g/mol. The molecule has 1 fully saturated rings. The first-order chi connectivity index (χ1) is 10.2. The summed E-state index contributed by atoms with van der Waals surface area (Å²) in [5.41, 5.74) is 0. The zero-order valence-electron chi connectivity index (χ0n) is 12.3. The third-order valence-electron chi connectivity index (χ3n) is 2.94. The van der Waals surface area contributed by atoms with Crippen LogP contribution in [0.4, 0.5) is 13.2 Å². The Labute approximate surface area is 133 Å². The Morgan fingerprint density at radius 2 is 1.82 bits per heavy atom. The number of thioether (sulfide) groups is 1. The number of alkyl halides is 3. The Morgan fingerprint density at radius 3 is 2.36 bits per heavy atom. The summed E-state index contributed by atoms with van der Waals surface area (Å²) >= 11 is 1.72. The van der Waals surface area contributed by atoms with E-state index in [4.69, 9.17) is 0 Å². The van der Waals surface area contributed by atoms with E-state index in [2.05, 4.69) is 15.6 Å². The van der Waals surface area contributed by atoms with Gasteiger partial charge in [0.05, 0.1) is 12.2 Å². The van der Waals surface area contributed by atoms with Crippen LogP contribution in [0, 0.1) is 0 Å². The van der Waals surface area contributed by atoms with Crippen molar-refractivity contribution in [1.29, 1.82) is 0 Å². The minimum absolute atomic E-state index is 0.0949. The predicted molar refractivity (Wildman–Crippen MR) is 82.7 cm³/mol. The normalized spacial score (nSPS) is 18.3. The molecule has 0 bridgehead atoms. The van der Waals surface area contributed by atoms with E-state index >= 15 is 0 Å². The van der Waals surface area contributed by atoms with Crippen molar-refractivity contribution < 1.29 is 21.6 Å². The first-order valence-electron chi connectivity index (χ1n) is 6.81. The number of hydrogen-bond donors (Lipinski definition) is 2. The minimum Gasteiger partial charge on any atom is -0.356 e. The minimum atomic E-state index is -4.23. The van der Waals surface area contributed by atoms with Gasteiger partial charge in [0, 0.05) is 44.7 Å².